The molecule has 0 bridgehead atoms. The molecule has 0 aromatic heterocycles. The predicted molar refractivity (Wildman–Crippen MR) is 82.9 cm³/mol. The zero-order valence-corrected chi connectivity index (χ0v) is 13.2. The van der Waals surface area contributed by atoms with Gasteiger partial charge in [-0.3, -0.25) is 0 Å². The number of nitriles is 1. The van der Waals surface area contributed by atoms with Crippen molar-refractivity contribution in [2.24, 2.45) is 11.3 Å². The quantitative estimate of drug-likeness (QED) is 0.892. The Hall–Kier alpha value is -1.45. The molecule has 1 aromatic carbocycles. The molecule has 0 saturated heterocycles. The summed E-state index contributed by atoms with van der Waals surface area (Å²) in [6.45, 7) is 0.281. The second-order valence-electron chi connectivity index (χ2n) is 6.63. The van der Waals surface area contributed by atoms with Crippen LogP contribution in [0, 0.1) is 22.7 Å². The van der Waals surface area contributed by atoms with Gasteiger partial charge in [0.05, 0.1) is 32.5 Å². The van der Waals surface area contributed by atoms with Crippen molar-refractivity contribution in [1.82, 2.24) is 0 Å². The smallest absolute Gasteiger partial charge is 0.169 e. The SMILES string of the molecule is N#CC(CO)(CO)C1CCCC2(C1)OCc1ccccc1CO2. The van der Waals surface area contributed by atoms with E-state index in [0.29, 0.717) is 19.6 Å². The predicted octanol–water partition coefficient (Wildman–Crippen LogP) is 2.11. The van der Waals surface area contributed by atoms with Crippen LogP contribution < -0.4 is 0 Å². The van der Waals surface area contributed by atoms with E-state index in [9.17, 15) is 15.5 Å². The molecule has 5 nitrogen and oxygen atoms in total. The highest BCUT2D eigenvalue weighted by molar-refractivity contribution is 5.26. The molecule has 2 aliphatic rings. The van der Waals surface area contributed by atoms with Crippen molar-refractivity contribution in [3.8, 4) is 6.07 Å². The van der Waals surface area contributed by atoms with Gasteiger partial charge in [-0.25, -0.2) is 0 Å². The molecule has 1 aromatic rings. The monoisotopic (exact) mass is 317 g/mol. The molecular formula is C18H23NO4. The van der Waals surface area contributed by atoms with Gasteiger partial charge in [0.2, 0.25) is 0 Å². The van der Waals surface area contributed by atoms with Gasteiger partial charge in [0.1, 0.15) is 5.41 Å². The number of nitrogens with zero attached hydrogens (tertiary/aromatic N) is 1. The van der Waals surface area contributed by atoms with Crippen molar-refractivity contribution < 1.29 is 19.7 Å². The van der Waals surface area contributed by atoms with Gasteiger partial charge in [0, 0.05) is 12.8 Å². The Morgan fingerprint density at radius 1 is 1.17 bits per heavy atom. The summed E-state index contributed by atoms with van der Waals surface area (Å²) in [5.41, 5.74) is 1.13. The zero-order valence-electron chi connectivity index (χ0n) is 13.2. The van der Waals surface area contributed by atoms with E-state index in [1.807, 2.05) is 24.3 Å². The number of aliphatic hydroxyl groups excluding tert-OH is 2. The molecule has 1 fully saturated rings. The van der Waals surface area contributed by atoms with Crippen LogP contribution in [0.25, 0.3) is 0 Å². The van der Waals surface area contributed by atoms with Crippen LogP contribution in [-0.2, 0) is 22.7 Å². The van der Waals surface area contributed by atoms with E-state index in [2.05, 4.69) is 6.07 Å². The molecule has 23 heavy (non-hydrogen) atoms. The van der Waals surface area contributed by atoms with E-state index >= 15 is 0 Å². The zero-order chi connectivity index (χ0) is 16.3. The first-order chi connectivity index (χ1) is 11.2. The third kappa shape index (κ3) is 3.00. The van der Waals surface area contributed by atoms with E-state index in [4.69, 9.17) is 9.47 Å². The molecule has 1 unspecified atom stereocenters. The Morgan fingerprint density at radius 3 is 2.30 bits per heavy atom. The second kappa shape index (κ2) is 6.58. The fourth-order valence-electron chi connectivity index (χ4n) is 3.70. The summed E-state index contributed by atoms with van der Waals surface area (Å²) in [6, 6.07) is 10.2. The molecule has 2 N–H and O–H groups in total. The summed E-state index contributed by atoms with van der Waals surface area (Å²) in [5.74, 6) is -0.869. The molecule has 1 atom stereocenters. The highest BCUT2D eigenvalue weighted by Crippen LogP contribution is 2.45. The fraction of sp³-hybridized carbons (Fsp3) is 0.611. The van der Waals surface area contributed by atoms with Crippen LogP contribution >= 0.6 is 0 Å². The average Bonchev–Trinajstić information content (AvgIpc) is 2.78. The van der Waals surface area contributed by atoms with Gasteiger partial charge >= 0.3 is 0 Å². The Bertz CT molecular complexity index is 564. The van der Waals surface area contributed by atoms with Gasteiger partial charge in [0.25, 0.3) is 0 Å². The van der Waals surface area contributed by atoms with Crippen molar-refractivity contribution >= 4 is 0 Å². The minimum Gasteiger partial charge on any atom is -0.395 e. The van der Waals surface area contributed by atoms with Gasteiger partial charge in [-0.2, -0.15) is 5.26 Å². The minimum absolute atomic E-state index is 0.141. The Kier molecular flexibility index (Phi) is 4.69. The molecule has 0 radical (unpaired) electrons. The largest absolute Gasteiger partial charge is 0.395 e. The maximum atomic E-state index is 9.65. The van der Waals surface area contributed by atoms with Gasteiger partial charge in [0.15, 0.2) is 5.79 Å². The number of ether oxygens (including phenoxy) is 2. The van der Waals surface area contributed by atoms with E-state index in [0.717, 1.165) is 30.4 Å². The van der Waals surface area contributed by atoms with Crippen molar-refractivity contribution in [3.63, 3.8) is 0 Å². The van der Waals surface area contributed by atoms with E-state index in [1.165, 1.54) is 0 Å². The first-order valence-corrected chi connectivity index (χ1v) is 8.15. The lowest BCUT2D eigenvalue weighted by atomic mass is 9.68. The minimum atomic E-state index is -1.13. The van der Waals surface area contributed by atoms with Crippen LogP contribution in [0.5, 0.6) is 0 Å². The molecule has 1 heterocycles. The number of aliphatic hydroxyl groups is 2. The Labute approximate surface area is 136 Å². The summed E-state index contributed by atoms with van der Waals surface area (Å²) >= 11 is 0. The van der Waals surface area contributed by atoms with Crippen molar-refractivity contribution in [2.45, 2.75) is 44.7 Å². The topological polar surface area (TPSA) is 82.7 Å². The van der Waals surface area contributed by atoms with Crippen LogP contribution in [0.15, 0.2) is 24.3 Å². The summed E-state index contributed by atoms with van der Waals surface area (Å²) in [6.07, 6.45) is 2.94. The Balaban J connectivity index is 1.80. The lowest BCUT2D eigenvalue weighted by molar-refractivity contribution is -0.271. The summed E-state index contributed by atoms with van der Waals surface area (Å²) in [7, 11) is 0. The standard InChI is InChI=1S/C18H23NO4/c19-11-17(12-20,13-21)16-6-3-7-18(8-16)22-9-14-4-1-2-5-15(14)10-23-18/h1-2,4-5,16,20-21H,3,6-10,12-13H2. The molecule has 1 aliphatic heterocycles. The van der Waals surface area contributed by atoms with Crippen LogP contribution in [0.2, 0.25) is 0 Å². The highest BCUT2D eigenvalue weighted by Gasteiger charge is 2.48. The molecule has 0 amide bonds. The summed E-state index contributed by atoms with van der Waals surface area (Å²) < 4.78 is 12.2. The number of hydrogen-bond acceptors (Lipinski definition) is 5. The number of hydrogen-bond donors (Lipinski definition) is 2. The number of rotatable bonds is 3. The van der Waals surface area contributed by atoms with Crippen LogP contribution in [-0.4, -0.2) is 29.2 Å². The molecule has 5 heteroatoms. The third-order valence-electron chi connectivity index (χ3n) is 5.34. The van der Waals surface area contributed by atoms with Crippen molar-refractivity contribution in [3.05, 3.63) is 35.4 Å². The van der Waals surface area contributed by atoms with E-state index in [-0.39, 0.29) is 19.1 Å². The molecule has 3 rings (SSSR count). The fourth-order valence-corrected chi connectivity index (χ4v) is 3.70. The summed E-state index contributed by atoms with van der Waals surface area (Å²) in [5, 5.41) is 28.8. The van der Waals surface area contributed by atoms with Gasteiger partial charge < -0.3 is 19.7 Å². The lowest BCUT2D eigenvalue weighted by Crippen LogP contribution is -2.47. The molecule has 1 spiro atoms. The molecule has 1 saturated carbocycles. The number of benzene rings is 1. The first kappa shape index (κ1) is 16.4. The maximum absolute atomic E-state index is 9.65. The number of fused-ring (bicyclic) bond motifs is 1. The lowest BCUT2D eigenvalue weighted by Gasteiger charge is -2.44. The van der Waals surface area contributed by atoms with E-state index in [1.54, 1.807) is 0 Å². The molecular weight excluding hydrogens is 294 g/mol. The van der Waals surface area contributed by atoms with Crippen LogP contribution in [0.3, 0.4) is 0 Å². The van der Waals surface area contributed by atoms with E-state index < -0.39 is 11.2 Å². The van der Waals surface area contributed by atoms with Crippen LogP contribution in [0.1, 0.15) is 36.8 Å². The normalized spacial score (nSPS) is 23.8. The van der Waals surface area contributed by atoms with Gasteiger partial charge in [-0.15, -0.1) is 0 Å². The molecule has 1 aliphatic carbocycles. The Morgan fingerprint density at radius 2 is 1.78 bits per heavy atom. The first-order valence-electron chi connectivity index (χ1n) is 8.15. The van der Waals surface area contributed by atoms with Gasteiger partial charge in [-0.05, 0) is 29.9 Å². The molecule has 124 valence electrons. The maximum Gasteiger partial charge on any atom is 0.169 e. The van der Waals surface area contributed by atoms with Crippen molar-refractivity contribution in [2.75, 3.05) is 13.2 Å². The van der Waals surface area contributed by atoms with Crippen LogP contribution in [0.4, 0.5) is 0 Å². The highest BCUT2D eigenvalue weighted by atomic mass is 16.7. The average molecular weight is 317 g/mol. The third-order valence-corrected chi connectivity index (χ3v) is 5.34. The van der Waals surface area contributed by atoms with Gasteiger partial charge in [-0.1, -0.05) is 24.3 Å². The second-order valence-corrected chi connectivity index (χ2v) is 6.63. The van der Waals surface area contributed by atoms with Crippen molar-refractivity contribution in [1.29, 1.82) is 5.26 Å². The summed E-state index contributed by atoms with van der Waals surface area (Å²) in [4.78, 5) is 0.